The zero-order valence-electron chi connectivity index (χ0n) is 8.99. The first-order valence-electron chi connectivity index (χ1n) is 5.09. The van der Waals surface area contributed by atoms with E-state index in [1.807, 2.05) is 12.3 Å². The van der Waals surface area contributed by atoms with Crippen molar-refractivity contribution in [2.75, 3.05) is 6.61 Å². The molecule has 0 atom stereocenters. The van der Waals surface area contributed by atoms with Crippen molar-refractivity contribution in [1.82, 2.24) is 4.98 Å². The number of carbonyl (C=O) groups excluding carboxylic acids is 1. The highest BCUT2D eigenvalue weighted by Gasteiger charge is 2.04. The number of H-pyrrole nitrogens is 1. The van der Waals surface area contributed by atoms with Gasteiger partial charge in [0.1, 0.15) is 5.75 Å². The van der Waals surface area contributed by atoms with Gasteiger partial charge in [-0.3, -0.25) is 4.79 Å². The van der Waals surface area contributed by atoms with Crippen molar-refractivity contribution < 1.29 is 14.6 Å². The molecule has 1 heterocycles. The predicted molar refractivity (Wildman–Crippen MR) is 60.3 cm³/mol. The van der Waals surface area contributed by atoms with Gasteiger partial charge in [0, 0.05) is 36.5 Å². The number of phenolic OH excluding ortho intramolecular Hbond substituents is 1. The third-order valence-corrected chi connectivity index (χ3v) is 2.43. The van der Waals surface area contributed by atoms with Crippen LogP contribution in [0.3, 0.4) is 0 Å². The average molecular weight is 219 g/mol. The lowest BCUT2D eigenvalue weighted by Gasteiger charge is -2.00. The number of nitrogens with one attached hydrogen (secondary N) is 1. The van der Waals surface area contributed by atoms with Crippen molar-refractivity contribution in [2.45, 2.75) is 13.3 Å². The predicted octanol–water partition coefficient (Wildman–Crippen LogP) is 1.98. The van der Waals surface area contributed by atoms with Gasteiger partial charge in [-0.15, -0.1) is 0 Å². The van der Waals surface area contributed by atoms with Crippen molar-refractivity contribution in [2.24, 2.45) is 0 Å². The standard InChI is InChI=1S/C12H13NO3/c1-8(14)16-5-4-9-7-13-12-6-10(15)2-3-11(9)12/h2-3,6-7,13,15H,4-5H2,1H3. The number of fused-ring (bicyclic) bond motifs is 1. The normalized spacial score (nSPS) is 10.6. The molecular formula is C12H13NO3. The van der Waals surface area contributed by atoms with Gasteiger partial charge in [-0.25, -0.2) is 0 Å². The Morgan fingerprint density at radius 2 is 2.31 bits per heavy atom. The summed E-state index contributed by atoms with van der Waals surface area (Å²) in [5.74, 6) is -0.0293. The van der Waals surface area contributed by atoms with Crippen molar-refractivity contribution in [3.63, 3.8) is 0 Å². The Hall–Kier alpha value is -1.97. The van der Waals surface area contributed by atoms with Gasteiger partial charge in [0.05, 0.1) is 6.61 Å². The van der Waals surface area contributed by atoms with Crippen LogP contribution in [0.1, 0.15) is 12.5 Å². The molecule has 0 bridgehead atoms. The number of esters is 1. The van der Waals surface area contributed by atoms with Crippen LogP contribution in [0.4, 0.5) is 0 Å². The molecule has 0 aliphatic heterocycles. The number of rotatable bonds is 3. The van der Waals surface area contributed by atoms with Gasteiger partial charge in [0.15, 0.2) is 0 Å². The van der Waals surface area contributed by atoms with E-state index >= 15 is 0 Å². The third-order valence-electron chi connectivity index (χ3n) is 2.43. The van der Waals surface area contributed by atoms with Crippen molar-refractivity contribution in [3.8, 4) is 5.75 Å². The molecule has 0 radical (unpaired) electrons. The molecule has 84 valence electrons. The number of aromatic nitrogens is 1. The summed E-state index contributed by atoms with van der Waals surface area (Å²) in [7, 11) is 0. The van der Waals surface area contributed by atoms with Gasteiger partial charge < -0.3 is 14.8 Å². The van der Waals surface area contributed by atoms with Crippen LogP contribution >= 0.6 is 0 Å². The summed E-state index contributed by atoms with van der Waals surface area (Å²) in [6, 6.07) is 5.17. The maximum atomic E-state index is 10.6. The minimum Gasteiger partial charge on any atom is -0.508 e. The number of carbonyl (C=O) groups is 1. The van der Waals surface area contributed by atoms with Gasteiger partial charge in [0.2, 0.25) is 0 Å². The van der Waals surface area contributed by atoms with Crippen LogP contribution in [0.15, 0.2) is 24.4 Å². The minimum atomic E-state index is -0.266. The van der Waals surface area contributed by atoms with E-state index in [0.717, 1.165) is 16.5 Å². The largest absolute Gasteiger partial charge is 0.508 e. The molecule has 0 aliphatic carbocycles. The second-order valence-electron chi connectivity index (χ2n) is 3.63. The summed E-state index contributed by atoms with van der Waals surface area (Å²) in [6.07, 6.45) is 2.54. The quantitative estimate of drug-likeness (QED) is 0.776. The van der Waals surface area contributed by atoms with Gasteiger partial charge in [-0.05, 0) is 17.7 Å². The SMILES string of the molecule is CC(=O)OCCc1c[nH]c2cc(O)ccc12. The first kappa shape index (κ1) is 10.5. The Morgan fingerprint density at radius 3 is 3.06 bits per heavy atom. The first-order valence-corrected chi connectivity index (χ1v) is 5.09. The van der Waals surface area contributed by atoms with Crippen LogP contribution in [0, 0.1) is 0 Å². The maximum Gasteiger partial charge on any atom is 0.302 e. The van der Waals surface area contributed by atoms with Crippen LogP contribution in [-0.2, 0) is 16.0 Å². The van der Waals surface area contributed by atoms with Gasteiger partial charge >= 0.3 is 5.97 Å². The monoisotopic (exact) mass is 219 g/mol. The molecule has 2 aromatic rings. The third kappa shape index (κ3) is 2.16. The van der Waals surface area contributed by atoms with Crippen molar-refractivity contribution in [1.29, 1.82) is 0 Å². The van der Waals surface area contributed by atoms with Gasteiger partial charge in [-0.1, -0.05) is 0 Å². The molecule has 0 fully saturated rings. The number of hydrogen-bond acceptors (Lipinski definition) is 3. The first-order chi connectivity index (χ1) is 7.66. The molecule has 0 saturated carbocycles. The summed E-state index contributed by atoms with van der Waals surface area (Å²) in [5, 5.41) is 10.3. The molecule has 4 heteroatoms. The molecule has 1 aromatic carbocycles. The van der Waals surface area contributed by atoms with E-state index in [1.54, 1.807) is 12.1 Å². The Morgan fingerprint density at radius 1 is 1.50 bits per heavy atom. The number of benzene rings is 1. The second-order valence-corrected chi connectivity index (χ2v) is 3.63. The summed E-state index contributed by atoms with van der Waals surface area (Å²) >= 11 is 0. The lowest BCUT2D eigenvalue weighted by Crippen LogP contribution is -2.02. The van der Waals surface area contributed by atoms with Crippen molar-refractivity contribution in [3.05, 3.63) is 30.0 Å². The number of aromatic amines is 1. The maximum absolute atomic E-state index is 10.6. The molecule has 0 unspecified atom stereocenters. The fourth-order valence-corrected chi connectivity index (χ4v) is 1.69. The van der Waals surface area contributed by atoms with Crippen LogP contribution in [0.25, 0.3) is 10.9 Å². The van der Waals surface area contributed by atoms with E-state index < -0.39 is 0 Å². The fraction of sp³-hybridized carbons (Fsp3) is 0.250. The number of aromatic hydroxyl groups is 1. The highest BCUT2D eigenvalue weighted by molar-refractivity contribution is 5.84. The lowest BCUT2D eigenvalue weighted by molar-refractivity contribution is -0.140. The summed E-state index contributed by atoms with van der Waals surface area (Å²) < 4.78 is 4.89. The highest BCUT2D eigenvalue weighted by atomic mass is 16.5. The number of hydrogen-bond donors (Lipinski definition) is 2. The molecule has 0 saturated heterocycles. The van der Waals surface area contributed by atoms with Crippen LogP contribution in [0.2, 0.25) is 0 Å². The molecule has 1 aromatic heterocycles. The molecular weight excluding hydrogens is 206 g/mol. The molecule has 16 heavy (non-hydrogen) atoms. The molecule has 0 spiro atoms. The smallest absolute Gasteiger partial charge is 0.302 e. The summed E-state index contributed by atoms with van der Waals surface area (Å²) in [6.45, 7) is 1.77. The minimum absolute atomic E-state index is 0.237. The molecule has 2 N–H and O–H groups in total. The Bertz CT molecular complexity index is 516. The Labute approximate surface area is 92.9 Å². The zero-order chi connectivity index (χ0) is 11.5. The van der Waals surface area contributed by atoms with Crippen LogP contribution in [0.5, 0.6) is 5.75 Å². The van der Waals surface area contributed by atoms with E-state index in [4.69, 9.17) is 4.74 Å². The van der Waals surface area contributed by atoms with E-state index in [0.29, 0.717) is 13.0 Å². The van der Waals surface area contributed by atoms with Crippen LogP contribution in [-0.4, -0.2) is 22.7 Å². The van der Waals surface area contributed by atoms with E-state index in [9.17, 15) is 9.90 Å². The molecule has 0 amide bonds. The second kappa shape index (κ2) is 4.26. The topological polar surface area (TPSA) is 62.3 Å². The summed E-state index contributed by atoms with van der Waals surface area (Å²) in [5.41, 5.74) is 1.97. The molecule has 4 nitrogen and oxygen atoms in total. The average Bonchev–Trinajstić information content (AvgIpc) is 2.60. The van der Waals surface area contributed by atoms with Crippen LogP contribution < -0.4 is 0 Å². The molecule has 0 aliphatic rings. The Kier molecular flexibility index (Phi) is 2.81. The number of ether oxygens (including phenoxy) is 1. The van der Waals surface area contributed by atoms with Gasteiger partial charge in [0.25, 0.3) is 0 Å². The van der Waals surface area contributed by atoms with E-state index in [-0.39, 0.29) is 11.7 Å². The number of phenols is 1. The summed E-state index contributed by atoms with van der Waals surface area (Å²) in [4.78, 5) is 13.7. The van der Waals surface area contributed by atoms with E-state index in [1.165, 1.54) is 6.92 Å². The lowest BCUT2D eigenvalue weighted by atomic mass is 10.1. The fourth-order valence-electron chi connectivity index (χ4n) is 1.69. The zero-order valence-corrected chi connectivity index (χ0v) is 8.99. The molecule has 2 rings (SSSR count). The highest BCUT2D eigenvalue weighted by Crippen LogP contribution is 2.22. The van der Waals surface area contributed by atoms with E-state index in [2.05, 4.69) is 4.98 Å². The van der Waals surface area contributed by atoms with Gasteiger partial charge in [-0.2, -0.15) is 0 Å². The Balaban J connectivity index is 2.15. The van der Waals surface area contributed by atoms with Crippen molar-refractivity contribution >= 4 is 16.9 Å².